The number of nitrogens with one attached hydrogen (secondary N) is 2. The molecular weight excluding hydrogens is 892 g/mol. The molecule has 2 atom stereocenters. The molecule has 6 aromatic rings. The van der Waals surface area contributed by atoms with E-state index < -0.39 is 41.8 Å². The number of carbonyl (C=O) groups excluding carboxylic acids is 2. The van der Waals surface area contributed by atoms with E-state index in [1.807, 2.05) is 0 Å². The number of alkyl halides is 7. The molecule has 0 saturated carbocycles. The number of nitrogens with zero attached hydrogens (tertiary/aromatic N) is 6. The molecule has 0 unspecified atom stereocenters. The van der Waals surface area contributed by atoms with E-state index in [4.69, 9.17) is 23.2 Å². The first-order valence-electron chi connectivity index (χ1n) is 20.0. The number of aryl methyl sites for hydroxylation is 1. The van der Waals surface area contributed by atoms with Gasteiger partial charge in [0.05, 0.1) is 51.2 Å². The Kier molecular flexibility index (Phi) is 13.9. The largest absolute Gasteiger partial charge is 0.461 e. The van der Waals surface area contributed by atoms with Gasteiger partial charge < -0.3 is 25.2 Å². The van der Waals surface area contributed by atoms with E-state index in [0.29, 0.717) is 101 Å². The topological polar surface area (TPSA) is 125 Å². The zero-order chi connectivity index (χ0) is 45.8. The van der Waals surface area contributed by atoms with Crippen LogP contribution in [0.2, 0.25) is 10.0 Å². The molecule has 0 bridgehead atoms. The third kappa shape index (κ3) is 11.2. The van der Waals surface area contributed by atoms with Crippen molar-refractivity contribution < 1.29 is 45.1 Å². The first-order chi connectivity index (χ1) is 30.4. The number of fused-ring (bicyclic) bond motifs is 2. The molecule has 2 fully saturated rings. The summed E-state index contributed by atoms with van der Waals surface area (Å²) in [7, 11) is 0. The van der Waals surface area contributed by atoms with Crippen molar-refractivity contribution in [3.8, 4) is 5.75 Å². The Morgan fingerprint density at radius 3 is 1.75 bits per heavy atom. The van der Waals surface area contributed by atoms with Gasteiger partial charge in [0.1, 0.15) is 17.4 Å². The van der Waals surface area contributed by atoms with E-state index in [1.54, 1.807) is 55.7 Å². The van der Waals surface area contributed by atoms with Crippen molar-refractivity contribution >= 4 is 68.7 Å². The maximum absolute atomic E-state index is 13.4. The number of amides is 2. The normalized spacial score (nSPS) is 16.5. The third-order valence-electron chi connectivity index (χ3n) is 10.6. The monoisotopic (exact) mass is 930 g/mol. The lowest BCUT2D eigenvalue weighted by atomic mass is 10.0. The molecule has 2 amide bonds. The summed E-state index contributed by atoms with van der Waals surface area (Å²) in [5.74, 6) is -0.374. The van der Waals surface area contributed by atoms with Crippen LogP contribution in [0.4, 0.5) is 42.4 Å². The van der Waals surface area contributed by atoms with Crippen LogP contribution in [0.5, 0.6) is 5.75 Å². The first-order valence-corrected chi connectivity index (χ1v) is 20.7. The lowest BCUT2D eigenvalue weighted by Crippen LogP contribution is -2.35. The van der Waals surface area contributed by atoms with Crippen molar-refractivity contribution in [2.45, 2.75) is 38.5 Å². The number of anilines is 2. The first kappa shape index (κ1) is 46.0. The Bertz CT molecular complexity index is 2660. The summed E-state index contributed by atoms with van der Waals surface area (Å²) >= 11 is 11.9. The summed E-state index contributed by atoms with van der Waals surface area (Å²) in [5.41, 5.74) is 1.99. The molecule has 2 aromatic heterocycles. The number of rotatable bonds is 11. The number of hydrogen-bond acceptors (Lipinski definition) is 9. The van der Waals surface area contributed by atoms with Crippen molar-refractivity contribution in [1.82, 2.24) is 29.7 Å². The van der Waals surface area contributed by atoms with Crippen LogP contribution in [-0.4, -0.2) is 93.4 Å². The second kappa shape index (κ2) is 19.4. The van der Waals surface area contributed by atoms with Crippen LogP contribution in [0, 0.1) is 18.8 Å². The summed E-state index contributed by atoms with van der Waals surface area (Å²) in [4.78, 5) is 46.3. The van der Waals surface area contributed by atoms with Crippen LogP contribution in [0.1, 0.15) is 44.7 Å². The van der Waals surface area contributed by atoms with Crippen molar-refractivity contribution in [3.05, 3.63) is 124 Å². The van der Waals surface area contributed by atoms with Crippen molar-refractivity contribution in [3.63, 3.8) is 0 Å². The van der Waals surface area contributed by atoms with Gasteiger partial charge in [-0.05, 0) is 92.3 Å². The third-order valence-corrected chi connectivity index (χ3v) is 11.1. The predicted molar refractivity (Wildman–Crippen MR) is 228 cm³/mol. The highest BCUT2D eigenvalue weighted by atomic mass is 35.5. The maximum atomic E-state index is 13.4. The molecule has 0 spiro atoms. The molecule has 4 heterocycles. The lowest BCUT2D eigenvalue weighted by Gasteiger charge is -2.21. The summed E-state index contributed by atoms with van der Waals surface area (Å²) in [5, 5.41) is 7.56. The van der Waals surface area contributed by atoms with Crippen LogP contribution in [0.3, 0.4) is 0 Å². The fourth-order valence-electron chi connectivity index (χ4n) is 7.35. The molecule has 2 aliphatic heterocycles. The molecular formula is C44H39Cl2F7N8O3. The molecule has 11 nitrogen and oxygen atoms in total. The number of aromatic nitrogens is 4. The van der Waals surface area contributed by atoms with Crippen molar-refractivity contribution in [2.75, 3.05) is 49.9 Å². The number of likely N-dealkylation sites (tertiary alicyclic amines) is 2. The second-order valence-electron chi connectivity index (χ2n) is 15.4. The minimum absolute atomic E-state index is 0.0762. The molecule has 336 valence electrons. The van der Waals surface area contributed by atoms with Gasteiger partial charge in [-0.2, -0.15) is 30.7 Å². The van der Waals surface area contributed by atoms with E-state index in [-0.39, 0.29) is 23.0 Å². The molecule has 2 aliphatic rings. The summed E-state index contributed by atoms with van der Waals surface area (Å²) in [6.07, 6.45) is -8.71. The average molecular weight is 932 g/mol. The molecule has 64 heavy (non-hydrogen) atoms. The highest BCUT2D eigenvalue weighted by Crippen LogP contribution is 2.35. The molecule has 4 aromatic carbocycles. The van der Waals surface area contributed by atoms with Crippen LogP contribution in [-0.2, 0) is 6.18 Å². The van der Waals surface area contributed by atoms with Gasteiger partial charge in [0.25, 0.3) is 11.8 Å². The zero-order valence-electron chi connectivity index (χ0n) is 33.9. The lowest BCUT2D eigenvalue weighted by molar-refractivity contribution is -0.253. The summed E-state index contributed by atoms with van der Waals surface area (Å²) < 4.78 is 96.0. The molecule has 20 heteroatoms. The smallest absolute Gasteiger partial charge is 0.427 e. The highest BCUT2D eigenvalue weighted by Gasteiger charge is 2.45. The molecule has 8 rings (SSSR count). The Hall–Kier alpha value is -6.01. The van der Waals surface area contributed by atoms with E-state index >= 15 is 0 Å². The Balaban J connectivity index is 0.000000192. The number of benzene rings is 4. The van der Waals surface area contributed by atoms with E-state index in [2.05, 4.69) is 35.3 Å². The number of halogens is 9. The van der Waals surface area contributed by atoms with Crippen LogP contribution in [0.25, 0.3) is 22.1 Å². The van der Waals surface area contributed by atoms with E-state index in [1.165, 1.54) is 40.1 Å². The number of para-hydroxylation sites is 1. The van der Waals surface area contributed by atoms with E-state index in [0.717, 1.165) is 12.1 Å². The van der Waals surface area contributed by atoms with E-state index in [9.17, 15) is 40.3 Å². The van der Waals surface area contributed by atoms with Crippen LogP contribution >= 0.6 is 23.2 Å². The summed E-state index contributed by atoms with van der Waals surface area (Å²) in [6.45, 7) is 4.28. The number of carbonyl (C=O) groups is 2. The fourth-order valence-corrected chi connectivity index (χ4v) is 7.68. The molecule has 0 aliphatic carbocycles. The average Bonchev–Trinajstić information content (AvgIpc) is 3.95. The molecule has 0 radical (unpaired) electrons. The van der Waals surface area contributed by atoms with Gasteiger partial charge in [0.2, 0.25) is 0 Å². The number of hydrogen-bond donors (Lipinski definition) is 2. The van der Waals surface area contributed by atoms with Gasteiger partial charge >= 0.3 is 18.7 Å². The second-order valence-corrected chi connectivity index (χ2v) is 16.2. The SMILES string of the molecule is Cc1ccc(C(F)(F)F)c(C(=O)N2CC[C@@H](CNc3cnc4cc(Cl)ccc4n3)C2)c1.O=C(c1ccccc1OC(F)(F)C(F)F)N1CC[C@@H](CNc2cnc3cc(Cl)ccc3n2)C1. The predicted octanol–water partition coefficient (Wildman–Crippen LogP) is 10.3. The zero-order valence-corrected chi connectivity index (χ0v) is 35.4. The van der Waals surface area contributed by atoms with Gasteiger partial charge in [-0.1, -0.05) is 47.0 Å². The van der Waals surface area contributed by atoms with Crippen molar-refractivity contribution in [2.24, 2.45) is 11.8 Å². The van der Waals surface area contributed by atoms with Gasteiger partial charge in [-0.15, -0.1) is 0 Å². The maximum Gasteiger partial charge on any atom is 0.461 e. The van der Waals surface area contributed by atoms with Crippen molar-refractivity contribution in [1.29, 1.82) is 0 Å². The Morgan fingerprint density at radius 1 is 0.719 bits per heavy atom. The quantitative estimate of drug-likeness (QED) is 0.122. The van der Waals surface area contributed by atoms with Crippen LogP contribution in [0.15, 0.2) is 91.3 Å². The van der Waals surface area contributed by atoms with Gasteiger partial charge in [0, 0.05) is 49.3 Å². The highest BCUT2D eigenvalue weighted by molar-refractivity contribution is 6.31. The standard InChI is InChI=1S/C22H19ClF4N4O2.C22H20ClF3N4O/c23-14-5-6-16-17(9-14)28-11-19(30-16)29-10-13-7-8-31(12-13)20(32)15-3-1-2-4-18(15)33-22(26,27)21(24)25;1-13-2-4-17(22(24,25)26)16(8-13)21(31)30-7-6-14(12-30)10-28-20-11-27-19-9-15(23)3-5-18(19)29-20/h1-6,9,11,13,21H,7-8,10,12H2,(H,29,30);2-5,8-9,11,14H,6-7,10,12H2,1H3,(H,28,29)/t13-;14-/m00/s1. The van der Waals surface area contributed by atoms with Gasteiger partial charge in [0.15, 0.2) is 0 Å². The molecule has 2 saturated heterocycles. The Morgan fingerprint density at radius 2 is 1.23 bits per heavy atom. The number of ether oxygens (including phenoxy) is 1. The van der Waals surface area contributed by atoms with Crippen LogP contribution < -0.4 is 15.4 Å². The fraction of sp³-hybridized carbons (Fsp3) is 0.318. The minimum Gasteiger partial charge on any atom is -0.427 e. The molecule has 2 N–H and O–H groups in total. The Labute approximate surface area is 371 Å². The minimum atomic E-state index is -4.69. The van der Waals surface area contributed by atoms with Gasteiger partial charge in [-0.3, -0.25) is 19.6 Å². The van der Waals surface area contributed by atoms with Gasteiger partial charge in [-0.25, -0.2) is 9.97 Å². The summed E-state index contributed by atoms with van der Waals surface area (Å²) in [6, 6.07) is 19.3.